The van der Waals surface area contributed by atoms with E-state index in [1.165, 1.54) is 0 Å². The maximum atomic E-state index is 12.2. The number of anilines is 1. The van der Waals surface area contributed by atoms with Gasteiger partial charge in [-0.25, -0.2) is 0 Å². The number of nitrogens with two attached hydrogens (primary N) is 1. The third-order valence-corrected chi connectivity index (χ3v) is 3.27. The highest BCUT2D eigenvalue weighted by Crippen LogP contribution is 2.13. The third-order valence-electron chi connectivity index (χ3n) is 3.06. The fourth-order valence-electron chi connectivity index (χ4n) is 1.95. The molecule has 2 aromatic carbocycles. The number of carbonyl (C=O) groups excluding carboxylic acids is 2. The molecule has 4 N–H and O–H groups in total. The summed E-state index contributed by atoms with van der Waals surface area (Å²) in [6.07, 6.45) is 0. The number of amides is 2. The molecular weight excluding hydrogens is 326 g/mol. The number of carbonyl (C=O) groups is 2. The lowest BCUT2D eigenvalue weighted by Crippen LogP contribution is -2.34. The molecule has 0 atom stereocenters. The highest BCUT2D eigenvalue weighted by Gasteiger charge is 2.09. The second-order valence-electron chi connectivity index (χ2n) is 4.81. The molecule has 2 rings (SSSR count). The minimum absolute atomic E-state index is 0.147. The molecule has 0 saturated heterocycles. The van der Waals surface area contributed by atoms with Crippen molar-refractivity contribution in [2.75, 3.05) is 11.9 Å². The van der Waals surface area contributed by atoms with E-state index in [2.05, 4.69) is 10.6 Å². The number of ether oxygens (including phenoxy) is 1. The van der Waals surface area contributed by atoms with Crippen molar-refractivity contribution in [1.82, 2.24) is 5.32 Å². The van der Waals surface area contributed by atoms with Crippen molar-refractivity contribution < 1.29 is 14.3 Å². The van der Waals surface area contributed by atoms with E-state index in [4.69, 9.17) is 22.7 Å². The molecule has 6 nitrogen and oxygen atoms in total. The molecular formula is C17H17N3O3S. The number of primary amides is 1. The van der Waals surface area contributed by atoms with Crippen LogP contribution in [0.5, 0.6) is 5.75 Å². The molecule has 0 unspecified atom stereocenters. The fourth-order valence-corrected chi connectivity index (χ4v) is 2.16. The molecule has 0 saturated carbocycles. The van der Waals surface area contributed by atoms with Gasteiger partial charge >= 0.3 is 0 Å². The molecule has 0 aliphatic carbocycles. The van der Waals surface area contributed by atoms with Gasteiger partial charge in [0.05, 0.1) is 6.61 Å². The normalized spacial score (nSPS) is 9.88. The maximum absolute atomic E-state index is 12.2. The first kappa shape index (κ1) is 17.4. The zero-order valence-corrected chi connectivity index (χ0v) is 13.9. The molecule has 0 spiro atoms. The smallest absolute Gasteiger partial charge is 0.257 e. The number of nitrogens with one attached hydrogen (secondary N) is 2. The van der Waals surface area contributed by atoms with Gasteiger partial charge in [0.2, 0.25) is 5.91 Å². The standard InChI is InChI=1S/C17H17N3O3S/c1-2-23-14-5-3-4-12(10-14)16(22)20-17(24)19-13-8-6-11(7-9-13)15(18)21/h3-10H,2H2,1H3,(H2,18,21)(H2,19,20,22,24). The van der Waals surface area contributed by atoms with Gasteiger partial charge in [0, 0.05) is 16.8 Å². The van der Waals surface area contributed by atoms with Crippen LogP contribution in [0.4, 0.5) is 5.69 Å². The van der Waals surface area contributed by atoms with E-state index >= 15 is 0 Å². The van der Waals surface area contributed by atoms with Crippen LogP contribution in [0.25, 0.3) is 0 Å². The van der Waals surface area contributed by atoms with Gasteiger partial charge in [-0.3, -0.25) is 14.9 Å². The number of hydrogen-bond acceptors (Lipinski definition) is 4. The molecule has 0 aromatic heterocycles. The quantitative estimate of drug-likeness (QED) is 0.725. The van der Waals surface area contributed by atoms with Crippen LogP contribution in [0.15, 0.2) is 48.5 Å². The fraction of sp³-hybridized carbons (Fsp3) is 0.118. The van der Waals surface area contributed by atoms with Gasteiger partial charge in [-0.05, 0) is 61.6 Å². The lowest BCUT2D eigenvalue weighted by molar-refractivity contribution is 0.0974. The molecule has 2 amide bonds. The highest BCUT2D eigenvalue weighted by atomic mass is 32.1. The zero-order chi connectivity index (χ0) is 17.5. The number of benzene rings is 2. The third kappa shape index (κ3) is 4.79. The maximum Gasteiger partial charge on any atom is 0.257 e. The van der Waals surface area contributed by atoms with Crippen molar-refractivity contribution in [1.29, 1.82) is 0 Å². The molecule has 0 bridgehead atoms. The van der Waals surface area contributed by atoms with E-state index in [9.17, 15) is 9.59 Å². The van der Waals surface area contributed by atoms with Gasteiger partial charge in [0.25, 0.3) is 5.91 Å². The van der Waals surface area contributed by atoms with Crippen LogP contribution >= 0.6 is 12.2 Å². The Bertz CT molecular complexity index is 760. The second-order valence-corrected chi connectivity index (χ2v) is 5.22. The Hall–Kier alpha value is -2.93. The summed E-state index contributed by atoms with van der Waals surface area (Å²) in [7, 11) is 0. The lowest BCUT2D eigenvalue weighted by atomic mass is 10.2. The van der Waals surface area contributed by atoms with Gasteiger partial charge in [-0.1, -0.05) is 6.07 Å². The minimum Gasteiger partial charge on any atom is -0.494 e. The molecule has 124 valence electrons. The van der Waals surface area contributed by atoms with Crippen molar-refractivity contribution in [3.63, 3.8) is 0 Å². The van der Waals surface area contributed by atoms with E-state index < -0.39 is 5.91 Å². The molecule has 0 radical (unpaired) electrons. The van der Waals surface area contributed by atoms with Crippen molar-refractivity contribution in [3.8, 4) is 5.75 Å². The van der Waals surface area contributed by atoms with Crippen LogP contribution in [-0.2, 0) is 0 Å². The predicted octanol–water partition coefficient (Wildman–Crippen LogP) is 2.31. The van der Waals surface area contributed by atoms with Crippen LogP contribution in [0.3, 0.4) is 0 Å². The monoisotopic (exact) mass is 343 g/mol. The summed E-state index contributed by atoms with van der Waals surface area (Å²) in [6.45, 7) is 2.39. The Balaban J connectivity index is 1.97. The Morgan fingerprint density at radius 3 is 2.46 bits per heavy atom. The van der Waals surface area contributed by atoms with Crippen molar-refractivity contribution >= 4 is 34.8 Å². The topological polar surface area (TPSA) is 93.4 Å². The lowest BCUT2D eigenvalue weighted by Gasteiger charge is -2.10. The molecule has 2 aromatic rings. The second kappa shape index (κ2) is 8.07. The first-order valence-electron chi connectivity index (χ1n) is 7.24. The van der Waals surface area contributed by atoms with Gasteiger partial charge in [0.15, 0.2) is 5.11 Å². The van der Waals surface area contributed by atoms with E-state index in [-0.39, 0.29) is 11.0 Å². The molecule has 0 aliphatic rings. The Morgan fingerprint density at radius 1 is 1.12 bits per heavy atom. The highest BCUT2D eigenvalue weighted by molar-refractivity contribution is 7.80. The predicted molar refractivity (Wildman–Crippen MR) is 96.3 cm³/mol. The molecule has 0 aliphatic heterocycles. The van der Waals surface area contributed by atoms with Gasteiger partial charge in [-0.2, -0.15) is 0 Å². The van der Waals surface area contributed by atoms with Gasteiger partial charge in [0.1, 0.15) is 5.75 Å². The summed E-state index contributed by atoms with van der Waals surface area (Å²) < 4.78 is 5.36. The van der Waals surface area contributed by atoms with Crippen molar-refractivity contribution in [2.24, 2.45) is 5.73 Å². The van der Waals surface area contributed by atoms with E-state index in [0.29, 0.717) is 29.2 Å². The summed E-state index contributed by atoms with van der Waals surface area (Å²) >= 11 is 5.11. The van der Waals surface area contributed by atoms with Crippen molar-refractivity contribution in [2.45, 2.75) is 6.92 Å². The Kier molecular flexibility index (Phi) is 5.86. The first-order chi connectivity index (χ1) is 11.5. The Labute approximate surface area is 145 Å². The average molecular weight is 343 g/mol. The van der Waals surface area contributed by atoms with E-state index in [0.717, 1.165) is 0 Å². The van der Waals surface area contributed by atoms with Crippen molar-refractivity contribution in [3.05, 3.63) is 59.7 Å². The number of hydrogen-bond donors (Lipinski definition) is 3. The van der Waals surface area contributed by atoms with Gasteiger partial charge in [-0.15, -0.1) is 0 Å². The minimum atomic E-state index is -0.508. The molecule has 24 heavy (non-hydrogen) atoms. The summed E-state index contributed by atoms with van der Waals surface area (Å²) in [5.74, 6) is -0.236. The zero-order valence-electron chi connectivity index (χ0n) is 13.0. The summed E-state index contributed by atoms with van der Waals surface area (Å²) in [4.78, 5) is 23.2. The summed E-state index contributed by atoms with van der Waals surface area (Å²) in [6, 6.07) is 13.3. The summed E-state index contributed by atoms with van der Waals surface area (Å²) in [5.41, 5.74) is 6.64. The summed E-state index contributed by atoms with van der Waals surface area (Å²) in [5, 5.41) is 5.60. The molecule has 7 heteroatoms. The number of thiocarbonyl (C=S) groups is 1. The van der Waals surface area contributed by atoms with E-state index in [1.54, 1.807) is 48.5 Å². The van der Waals surface area contributed by atoms with Crippen LogP contribution in [0.1, 0.15) is 27.6 Å². The average Bonchev–Trinajstić information content (AvgIpc) is 2.55. The van der Waals surface area contributed by atoms with Crippen LogP contribution in [0.2, 0.25) is 0 Å². The van der Waals surface area contributed by atoms with E-state index in [1.807, 2.05) is 6.92 Å². The SMILES string of the molecule is CCOc1cccc(C(=O)NC(=S)Nc2ccc(C(N)=O)cc2)c1. The van der Waals surface area contributed by atoms with Crippen LogP contribution in [0, 0.1) is 0 Å². The first-order valence-corrected chi connectivity index (χ1v) is 7.65. The van der Waals surface area contributed by atoms with Crippen LogP contribution < -0.4 is 21.1 Å². The molecule has 0 heterocycles. The van der Waals surface area contributed by atoms with Gasteiger partial charge < -0.3 is 15.8 Å². The van der Waals surface area contributed by atoms with Crippen LogP contribution in [-0.4, -0.2) is 23.5 Å². The number of rotatable bonds is 5. The largest absolute Gasteiger partial charge is 0.494 e. The molecule has 0 fully saturated rings. The Morgan fingerprint density at radius 2 is 1.83 bits per heavy atom.